The number of aromatic nitrogens is 1. The van der Waals surface area contributed by atoms with E-state index < -0.39 is 18.0 Å². The monoisotopic (exact) mass is 237 g/mol. The maximum absolute atomic E-state index is 11.3. The van der Waals surface area contributed by atoms with E-state index in [-0.39, 0.29) is 0 Å². The van der Waals surface area contributed by atoms with Gasteiger partial charge in [-0.25, -0.2) is 4.79 Å². The van der Waals surface area contributed by atoms with Gasteiger partial charge in [0.15, 0.2) is 0 Å². The summed E-state index contributed by atoms with van der Waals surface area (Å²) < 4.78 is 0. The Kier molecular flexibility index (Phi) is 4.45. The van der Waals surface area contributed by atoms with E-state index in [1.54, 1.807) is 6.20 Å². The number of aliphatic carboxylic acids is 1. The number of hydrogen-bond acceptors (Lipinski definition) is 3. The Balaban J connectivity index is 2.38. The van der Waals surface area contributed by atoms with Crippen LogP contribution >= 0.6 is 0 Å². The van der Waals surface area contributed by atoms with E-state index in [0.717, 1.165) is 11.3 Å². The molecule has 1 rings (SSSR count). The molecule has 0 aliphatic rings. The summed E-state index contributed by atoms with van der Waals surface area (Å²) in [5.41, 5.74) is 1.76. The lowest BCUT2D eigenvalue weighted by Crippen LogP contribution is -2.44. The first-order chi connectivity index (χ1) is 7.99. The summed E-state index contributed by atoms with van der Waals surface area (Å²) in [5, 5.41) is 13.4. The molecule has 0 unspecified atom stereocenters. The molecule has 0 radical (unpaired) electrons. The average Bonchev–Trinajstić information content (AvgIpc) is 2.28. The number of carbonyl (C=O) groups is 2. The maximum atomic E-state index is 11.3. The molecule has 1 atom stereocenters. The summed E-state index contributed by atoms with van der Waals surface area (Å²) in [5.74, 6) is -1.07. The zero-order valence-electron chi connectivity index (χ0n) is 9.73. The molecule has 3 N–H and O–H groups in total. The van der Waals surface area contributed by atoms with Crippen LogP contribution in [-0.2, 0) is 11.3 Å². The highest BCUT2D eigenvalue weighted by atomic mass is 16.4. The minimum Gasteiger partial charge on any atom is -0.480 e. The predicted molar refractivity (Wildman–Crippen MR) is 61.4 cm³/mol. The zero-order chi connectivity index (χ0) is 12.8. The second kappa shape index (κ2) is 5.83. The lowest BCUT2D eigenvalue weighted by Gasteiger charge is -2.10. The number of rotatable bonds is 4. The summed E-state index contributed by atoms with van der Waals surface area (Å²) in [6.07, 6.45) is 1.66. The number of pyridine rings is 1. The molecule has 0 saturated carbocycles. The number of urea groups is 1. The summed E-state index contributed by atoms with van der Waals surface area (Å²) in [6.45, 7) is 3.58. The Bertz CT molecular complexity index is 403. The highest BCUT2D eigenvalue weighted by molar-refractivity contribution is 5.82. The largest absolute Gasteiger partial charge is 0.480 e. The molecule has 6 heteroatoms. The van der Waals surface area contributed by atoms with Crippen LogP contribution in [0.2, 0.25) is 0 Å². The standard InChI is InChI=1S/C11H15N3O3/c1-7-3-4-9(5-12-7)6-13-11(17)14-8(2)10(15)16/h3-5,8H,6H2,1-2H3,(H,15,16)(H2,13,14,17)/t8-/m1/s1. The van der Waals surface area contributed by atoms with Crippen molar-refractivity contribution in [3.05, 3.63) is 29.6 Å². The number of carboxylic acid groups (broad SMARTS) is 1. The minimum absolute atomic E-state index is 0.311. The normalized spacial score (nSPS) is 11.6. The Morgan fingerprint density at radius 3 is 2.71 bits per heavy atom. The average molecular weight is 237 g/mol. The molecule has 0 bridgehead atoms. The molecular formula is C11H15N3O3. The van der Waals surface area contributed by atoms with Gasteiger partial charge in [0, 0.05) is 18.4 Å². The van der Waals surface area contributed by atoms with Gasteiger partial charge in [-0.1, -0.05) is 6.07 Å². The van der Waals surface area contributed by atoms with Gasteiger partial charge >= 0.3 is 12.0 Å². The fourth-order valence-corrected chi connectivity index (χ4v) is 1.09. The Hall–Kier alpha value is -2.11. The molecule has 2 amide bonds. The highest BCUT2D eigenvalue weighted by Crippen LogP contribution is 1.98. The molecule has 0 aromatic carbocycles. The van der Waals surface area contributed by atoms with Gasteiger partial charge in [0.2, 0.25) is 0 Å². The summed E-state index contributed by atoms with van der Waals surface area (Å²) in [6, 6.07) is 2.27. The second-order valence-corrected chi connectivity index (χ2v) is 3.69. The van der Waals surface area contributed by atoms with E-state index >= 15 is 0 Å². The van der Waals surface area contributed by atoms with Gasteiger partial charge in [-0.05, 0) is 25.5 Å². The van der Waals surface area contributed by atoms with Crippen LogP contribution in [0.5, 0.6) is 0 Å². The third-order valence-electron chi connectivity index (χ3n) is 2.14. The molecule has 17 heavy (non-hydrogen) atoms. The van der Waals surface area contributed by atoms with Gasteiger partial charge in [0.05, 0.1) is 0 Å². The molecule has 6 nitrogen and oxygen atoms in total. The first-order valence-electron chi connectivity index (χ1n) is 5.17. The third-order valence-corrected chi connectivity index (χ3v) is 2.14. The summed E-state index contributed by atoms with van der Waals surface area (Å²) >= 11 is 0. The van der Waals surface area contributed by atoms with Crippen molar-refractivity contribution in [1.82, 2.24) is 15.6 Å². The quantitative estimate of drug-likeness (QED) is 0.717. The van der Waals surface area contributed by atoms with Crippen LogP contribution < -0.4 is 10.6 Å². The minimum atomic E-state index is -1.07. The van der Waals surface area contributed by atoms with E-state index in [1.165, 1.54) is 6.92 Å². The van der Waals surface area contributed by atoms with E-state index in [4.69, 9.17) is 5.11 Å². The van der Waals surface area contributed by atoms with Crippen molar-refractivity contribution in [1.29, 1.82) is 0 Å². The number of nitrogens with one attached hydrogen (secondary N) is 2. The molecule has 92 valence electrons. The first kappa shape index (κ1) is 13.0. The SMILES string of the molecule is Cc1ccc(CNC(=O)N[C@H](C)C(=O)O)cn1. The van der Waals surface area contributed by atoms with E-state index in [0.29, 0.717) is 6.54 Å². The van der Waals surface area contributed by atoms with Gasteiger partial charge in [0.1, 0.15) is 6.04 Å². The number of amides is 2. The van der Waals surface area contributed by atoms with Crippen molar-refractivity contribution in [3.63, 3.8) is 0 Å². The fraction of sp³-hybridized carbons (Fsp3) is 0.364. The topological polar surface area (TPSA) is 91.3 Å². The number of nitrogens with zero attached hydrogens (tertiary/aromatic N) is 1. The van der Waals surface area contributed by atoms with Gasteiger partial charge in [0.25, 0.3) is 0 Å². The lowest BCUT2D eigenvalue weighted by atomic mass is 10.2. The molecule has 1 heterocycles. The van der Waals surface area contributed by atoms with Gasteiger partial charge in [-0.3, -0.25) is 9.78 Å². The number of aryl methyl sites for hydroxylation is 1. The van der Waals surface area contributed by atoms with Crippen molar-refractivity contribution in [2.75, 3.05) is 0 Å². The van der Waals surface area contributed by atoms with E-state index in [2.05, 4.69) is 15.6 Å². The van der Waals surface area contributed by atoms with E-state index in [1.807, 2.05) is 19.1 Å². The van der Waals surface area contributed by atoms with Crippen molar-refractivity contribution >= 4 is 12.0 Å². The van der Waals surface area contributed by atoms with E-state index in [9.17, 15) is 9.59 Å². The number of hydrogen-bond donors (Lipinski definition) is 3. The van der Waals surface area contributed by atoms with Crippen LogP contribution in [0, 0.1) is 6.92 Å². The van der Waals surface area contributed by atoms with Crippen molar-refractivity contribution in [2.45, 2.75) is 26.4 Å². The molecule has 0 saturated heterocycles. The predicted octanol–water partition coefficient (Wildman–Crippen LogP) is 0.662. The smallest absolute Gasteiger partial charge is 0.325 e. The molecular weight excluding hydrogens is 222 g/mol. The molecule has 0 fully saturated rings. The molecule has 0 spiro atoms. The third kappa shape index (κ3) is 4.50. The Labute approximate surface area is 99.1 Å². The maximum Gasteiger partial charge on any atom is 0.325 e. The van der Waals surface area contributed by atoms with Crippen molar-refractivity contribution < 1.29 is 14.7 Å². The van der Waals surface area contributed by atoms with Crippen LogP contribution in [0.15, 0.2) is 18.3 Å². The fourth-order valence-electron chi connectivity index (χ4n) is 1.09. The number of carbonyl (C=O) groups excluding carboxylic acids is 1. The Morgan fingerprint density at radius 2 is 2.18 bits per heavy atom. The van der Waals surface area contributed by atoms with Crippen LogP contribution in [-0.4, -0.2) is 28.1 Å². The Morgan fingerprint density at radius 1 is 1.47 bits per heavy atom. The summed E-state index contributed by atoms with van der Waals surface area (Å²) in [7, 11) is 0. The molecule has 0 aliphatic carbocycles. The van der Waals surface area contributed by atoms with Gasteiger partial charge in [-0.2, -0.15) is 0 Å². The van der Waals surface area contributed by atoms with Crippen molar-refractivity contribution in [3.8, 4) is 0 Å². The van der Waals surface area contributed by atoms with Crippen LogP contribution in [0.4, 0.5) is 4.79 Å². The van der Waals surface area contributed by atoms with Gasteiger partial charge < -0.3 is 15.7 Å². The first-order valence-corrected chi connectivity index (χ1v) is 5.17. The van der Waals surface area contributed by atoms with Crippen LogP contribution in [0.1, 0.15) is 18.2 Å². The molecule has 1 aromatic heterocycles. The number of carboxylic acids is 1. The van der Waals surface area contributed by atoms with Crippen LogP contribution in [0.3, 0.4) is 0 Å². The second-order valence-electron chi connectivity index (χ2n) is 3.69. The van der Waals surface area contributed by atoms with Crippen molar-refractivity contribution in [2.24, 2.45) is 0 Å². The lowest BCUT2D eigenvalue weighted by molar-refractivity contribution is -0.138. The molecule has 0 aliphatic heterocycles. The molecule has 1 aromatic rings. The van der Waals surface area contributed by atoms with Gasteiger partial charge in [-0.15, -0.1) is 0 Å². The van der Waals surface area contributed by atoms with Crippen LogP contribution in [0.25, 0.3) is 0 Å². The summed E-state index contributed by atoms with van der Waals surface area (Å²) in [4.78, 5) is 25.9. The zero-order valence-corrected chi connectivity index (χ0v) is 9.73. The highest BCUT2D eigenvalue weighted by Gasteiger charge is 2.13.